The number of anilines is 1. The standard InChI is InChI=1S/C9H8N3O/c10-8(13)9-11-5-6-3-1-2-4-7(6)12-9/h2-4H,5H2,(H2,10,13)(H,11,12). The van der Waals surface area contributed by atoms with E-state index in [1.807, 2.05) is 12.1 Å². The maximum Gasteiger partial charge on any atom is 0.284 e. The zero-order valence-corrected chi connectivity index (χ0v) is 6.87. The number of carbonyl (C=O) groups is 1. The Morgan fingerprint density at radius 3 is 3.31 bits per heavy atom. The SMILES string of the molecule is NC(=O)C1=NCc2c[c]ccc2N1. The second kappa shape index (κ2) is 2.90. The number of nitrogens with zero attached hydrogens (tertiary/aromatic N) is 1. The van der Waals surface area contributed by atoms with E-state index in [-0.39, 0.29) is 5.84 Å². The Balaban J connectivity index is 2.33. The smallest absolute Gasteiger partial charge is 0.284 e. The zero-order valence-electron chi connectivity index (χ0n) is 6.87. The zero-order chi connectivity index (χ0) is 9.26. The van der Waals surface area contributed by atoms with Gasteiger partial charge in [0, 0.05) is 5.69 Å². The van der Waals surface area contributed by atoms with Crippen LogP contribution in [0, 0.1) is 6.07 Å². The minimum absolute atomic E-state index is 0.221. The summed E-state index contributed by atoms with van der Waals surface area (Å²) in [6.45, 7) is 0.484. The van der Waals surface area contributed by atoms with Crippen LogP contribution < -0.4 is 11.1 Å². The number of fused-ring (bicyclic) bond motifs is 1. The van der Waals surface area contributed by atoms with E-state index in [4.69, 9.17) is 5.73 Å². The van der Waals surface area contributed by atoms with Gasteiger partial charge in [-0.1, -0.05) is 6.07 Å². The highest BCUT2D eigenvalue weighted by Crippen LogP contribution is 2.18. The Hall–Kier alpha value is -1.84. The van der Waals surface area contributed by atoms with Crippen LogP contribution in [0.5, 0.6) is 0 Å². The third-order valence-electron chi connectivity index (χ3n) is 1.84. The van der Waals surface area contributed by atoms with Gasteiger partial charge in [-0.3, -0.25) is 9.79 Å². The summed E-state index contributed by atoms with van der Waals surface area (Å²) >= 11 is 0. The lowest BCUT2D eigenvalue weighted by Crippen LogP contribution is -2.32. The van der Waals surface area contributed by atoms with Crippen LogP contribution in [-0.4, -0.2) is 11.7 Å². The van der Waals surface area contributed by atoms with Crippen molar-refractivity contribution in [3.8, 4) is 0 Å². The number of rotatable bonds is 1. The topological polar surface area (TPSA) is 67.5 Å². The van der Waals surface area contributed by atoms with Crippen molar-refractivity contribution in [3.05, 3.63) is 29.8 Å². The van der Waals surface area contributed by atoms with Gasteiger partial charge in [0.25, 0.3) is 5.91 Å². The molecule has 1 aliphatic rings. The number of hydrogen-bond acceptors (Lipinski definition) is 3. The van der Waals surface area contributed by atoms with Gasteiger partial charge >= 0.3 is 0 Å². The van der Waals surface area contributed by atoms with Crippen LogP contribution in [0.1, 0.15) is 5.56 Å². The number of aliphatic imine (C=N–C) groups is 1. The molecule has 13 heavy (non-hydrogen) atoms. The van der Waals surface area contributed by atoms with Crippen LogP contribution in [0.4, 0.5) is 5.69 Å². The van der Waals surface area contributed by atoms with Crippen LogP contribution >= 0.6 is 0 Å². The molecule has 0 atom stereocenters. The average Bonchev–Trinajstić information content (AvgIpc) is 2.17. The van der Waals surface area contributed by atoms with Crippen LogP contribution in [0.25, 0.3) is 0 Å². The number of amidine groups is 1. The molecule has 4 heteroatoms. The van der Waals surface area contributed by atoms with E-state index in [0.29, 0.717) is 6.54 Å². The molecule has 0 saturated carbocycles. The van der Waals surface area contributed by atoms with Crippen molar-refractivity contribution in [2.45, 2.75) is 6.54 Å². The first-order valence-electron chi connectivity index (χ1n) is 3.87. The fourth-order valence-corrected chi connectivity index (χ4v) is 1.19. The molecular formula is C9H8N3O. The summed E-state index contributed by atoms with van der Waals surface area (Å²) in [7, 11) is 0. The Morgan fingerprint density at radius 1 is 1.69 bits per heavy atom. The molecule has 1 aromatic carbocycles. The van der Waals surface area contributed by atoms with Crippen molar-refractivity contribution in [2.24, 2.45) is 10.7 Å². The van der Waals surface area contributed by atoms with E-state index in [1.54, 1.807) is 6.07 Å². The molecule has 4 nitrogen and oxygen atoms in total. The normalized spacial score (nSPS) is 14.0. The number of hydrogen-bond donors (Lipinski definition) is 2. The number of nitrogens with one attached hydrogen (secondary N) is 1. The van der Waals surface area contributed by atoms with Crippen molar-refractivity contribution in [1.82, 2.24) is 0 Å². The molecule has 1 radical (unpaired) electrons. The van der Waals surface area contributed by atoms with Gasteiger partial charge in [-0.05, 0) is 23.8 Å². The van der Waals surface area contributed by atoms with Crippen molar-refractivity contribution >= 4 is 17.4 Å². The second-order valence-corrected chi connectivity index (χ2v) is 2.74. The Bertz CT molecular complexity index is 384. The molecule has 1 aromatic rings. The lowest BCUT2D eigenvalue weighted by atomic mass is 10.1. The first-order chi connectivity index (χ1) is 6.27. The second-order valence-electron chi connectivity index (χ2n) is 2.74. The van der Waals surface area contributed by atoms with E-state index >= 15 is 0 Å². The molecule has 0 saturated heterocycles. The third-order valence-corrected chi connectivity index (χ3v) is 1.84. The van der Waals surface area contributed by atoms with Crippen molar-refractivity contribution < 1.29 is 4.79 Å². The predicted octanol–water partition coefficient (Wildman–Crippen LogP) is 0.296. The summed E-state index contributed by atoms with van der Waals surface area (Å²) in [6, 6.07) is 8.39. The molecule has 3 N–H and O–H groups in total. The summed E-state index contributed by atoms with van der Waals surface area (Å²) in [5, 5.41) is 2.85. The summed E-state index contributed by atoms with van der Waals surface area (Å²) in [6.07, 6.45) is 0. The highest BCUT2D eigenvalue weighted by atomic mass is 16.1. The molecule has 0 unspecified atom stereocenters. The molecule has 1 amide bonds. The van der Waals surface area contributed by atoms with E-state index in [1.165, 1.54) is 0 Å². The highest BCUT2D eigenvalue weighted by Gasteiger charge is 2.13. The molecule has 1 heterocycles. The summed E-state index contributed by atoms with van der Waals surface area (Å²) in [5.41, 5.74) is 6.98. The fourth-order valence-electron chi connectivity index (χ4n) is 1.19. The molecule has 0 aromatic heterocycles. The quantitative estimate of drug-likeness (QED) is 0.642. The molecular weight excluding hydrogens is 166 g/mol. The monoisotopic (exact) mass is 174 g/mol. The van der Waals surface area contributed by atoms with Gasteiger partial charge in [0.15, 0.2) is 5.84 Å². The van der Waals surface area contributed by atoms with Crippen molar-refractivity contribution in [2.75, 3.05) is 5.32 Å². The summed E-state index contributed by atoms with van der Waals surface area (Å²) in [4.78, 5) is 14.8. The van der Waals surface area contributed by atoms with Gasteiger partial charge in [0.1, 0.15) is 0 Å². The Morgan fingerprint density at radius 2 is 2.54 bits per heavy atom. The largest absolute Gasteiger partial charge is 0.363 e. The Kier molecular flexibility index (Phi) is 1.73. The maximum absolute atomic E-state index is 10.8. The Labute approximate surface area is 75.5 Å². The molecule has 2 rings (SSSR count). The van der Waals surface area contributed by atoms with Crippen LogP contribution in [0.2, 0.25) is 0 Å². The molecule has 0 aliphatic carbocycles. The predicted molar refractivity (Wildman–Crippen MR) is 49.2 cm³/mol. The van der Waals surface area contributed by atoms with Crippen molar-refractivity contribution in [3.63, 3.8) is 0 Å². The fraction of sp³-hybridized carbons (Fsp3) is 0.111. The first kappa shape index (κ1) is 7.79. The number of primary amides is 1. The van der Waals surface area contributed by atoms with E-state index in [2.05, 4.69) is 16.4 Å². The summed E-state index contributed by atoms with van der Waals surface area (Å²) < 4.78 is 0. The van der Waals surface area contributed by atoms with E-state index in [9.17, 15) is 4.79 Å². The lowest BCUT2D eigenvalue weighted by Gasteiger charge is -2.15. The number of nitrogens with two attached hydrogens (primary N) is 1. The molecule has 0 bridgehead atoms. The van der Waals surface area contributed by atoms with Gasteiger partial charge in [-0.25, -0.2) is 0 Å². The van der Waals surface area contributed by atoms with Crippen molar-refractivity contribution in [1.29, 1.82) is 0 Å². The van der Waals surface area contributed by atoms with Gasteiger partial charge < -0.3 is 11.1 Å². The highest BCUT2D eigenvalue weighted by molar-refractivity contribution is 6.42. The number of benzene rings is 1. The minimum Gasteiger partial charge on any atom is -0.363 e. The van der Waals surface area contributed by atoms with Gasteiger partial charge in [-0.15, -0.1) is 0 Å². The van der Waals surface area contributed by atoms with Gasteiger partial charge in [0.05, 0.1) is 6.54 Å². The summed E-state index contributed by atoms with van der Waals surface area (Å²) in [5.74, 6) is -0.308. The maximum atomic E-state index is 10.8. The molecule has 0 fully saturated rings. The minimum atomic E-state index is -0.529. The molecule has 65 valence electrons. The third kappa shape index (κ3) is 1.38. The van der Waals surface area contributed by atoms with Crippen LogP contribution in [0.3, 0.4) is 0 Å². The number of amides is 1. The van der Waals surface area contributed by atoms with Gasteiger partial charge in [-0.2, -0.15) is 0 Å². The molecule has 0 spiro atoms. The lowest BCUT2D eigenvalue weighted by molar-refractivity contribution is -0.112. The van der Waals surface area contributed by atoms with Gasteiger partial charge in [0.2, 0.25) is 0 Å². The van der Waals surface area contributed by atoms with E-state index < -0.39 is 5.91 Å². The molecule has 1 aliphatic heterocycles. The van der Waals surface area contributed by atoms with Crippen LogP contribution in [-0.2, 0) is 11.3 Å². The number of carbonyl (C=O) groups excluding carboxylic acids is 1. The average molecular weight is 174 g/mol. The van der Waals surface area contributed by atoms with Crippen LogP contribution in [0.15, 0.2) is 23.2 Å². The van der Waals surface area contributed by atoms with E-state index in [0.717, 1.165) is 11.3 Å². The first-order valence-corrected chi connectivity index (χ1v) is 3.87.